The number of hydrogen-bond donors (Lipinski definition) is 1. The summed E-state index contributed by atoms with van der Waals surface area (Å²) in [4.78, 5) is 14.3. The van der Waals surface area contributed by atoms with Crippen molar-refractivity contribution in [2.75, 3.05) is 18.4 Å². The highest BCUT2D eigenvalue weighted by Crippen LogP contribution is 2.22. The third kappa shape index (κ3) is 3.85. The summed E-state index contributed by atoms with van der Waals surface area (Å²) < 4.78 is 0. The van der Waals surface area contributed by atoms with Crippen LogP contribution >= 0.6 is 11.6 Å². The van der Waals surface area contributed by atoms with Gasteiger partial charge in [0, 0.05) is 23.8 Å². The van der Waals surface area contributed by atoms with Gasteiger partial charge < -0.3 is 10.2 Å². The lowest BCUT2D eigenvalue weighted by atomic mass is 9.99. The summed E-state index contributed by atoms with van der Waals surface area (Å²) in [5, 5.41) is 12.0. The Morgan fingerprint density at radius 3 is 2.58 bits per heavy atom. The van der Waals surface area contributed by atoms with Crippen LogP contribution in [0.2, 0.25) is 5.02 Å². The van der Waals surface area contributed by atoms with Crippen LogP contribution in [0.5, 0.6) is 0 Å². The minimum atomic E-state index is -0.0423. The largest absolute Gasteiger partial charge is 0.339 e. The number of carbonyl (C=O) groups is 1. The van der Waals surface area contributed by atoms with E-state index in [4.69, 9.17) is 11.6 Å². The van der Waals surface area contributed by atoms with Crippen molar-refractivity contribution in [1.29, 1.82) is 0 Å². The van der Waals surface area contributed by atoms with Crippen LogP contribution in [0.25, 0.3) is 0 Å². The van der Waals surface area contributed by atoms with Crippen LogP contribution in [0.15, 0.2) is 30.3 Å². The zero-order valence-corrected chi connectivity index (χ0v) is 14.7. The number of halogens is 1. The summed E-state index contributed by atoms with van der Waals surface area (Å²) in [6, 6.07) is 9.18. The maximum atomic E-state index is 12.4. The Hall–Kier alpha value is -2.14. The molecule has 1 aromatic heterocycles. The first kappa shape index (κ1) is 16.7. The normalized spacial score (nSPS) is 15.4. The van der Waals surface area contributed by atoms with Gasteiger partial charge in [0.05, 0.1) is 0 Å². The average Bonchev–Trinajstić information content (AvgIpc) is 2.59. The molecule has 2 heterocycles. The van der Waals surface area contributed by atoms with Gasteiger partial charge in [-0.25, -0.2) is 0 Å². The van der Waals surface area contributed by atoms with Gasteiger partial charge in [-0.2, -0.15) is 0 Å². The first-order chi connectivity index (χ1) is 11.5. The molecule has 0 radical (unpaired) electrons. The molecule has 126 valence electrons. The summed E-state index contributed by atoms with van der Waals surface area (Å²) in [7, 11) is 0. The number of nitrogens with zero attached hydrogens (tertiary/aromatic N) is 3. The first-order valence-electron chi connectivity index (χ1n) is 8.19. The molecule has 0 bridgehead atoms. The van der Waals surface area contributed by atoms with E-state index in [0.29, 0.717) is 22.5 Å². The van der Waals surface area contributed by atoms with E-state index in [1.54, 1.807) is 12.1 Å². The molecular weight excluding hydrogens is 324 g/mol. The van der Waals surface area contributed by atoms with Gasteiger partial charge in [0.2, 0.25) is 0 Å². The molecule has 1 aromatic carbocycles. The van der Waals surface area contributed by atoms with Gasteiger partial charge in [-0.05, 0) is 55.5 Å². The lowest BCUT2D eigenvalue weighted by Gasteiger charge is -2.29. The van der Waals surface area contributed by atoms with Crippen molar-refractivity contribution in [2.24, 2.45) is 5.92 Å². The number of likely N-dealkylation sites (tertiary alicyclic amines) is 1. The Balaban J connectivity index is 1.66. The van der Waals surface area contributed by atoms with E-state index in [-0.39, 0.29) is 5.91 Å². The number of aromatic nitrogens is 2. The van der Waals surface area contributed by atoms with Gasteiger partial charge in [0.25, 0.3) is 5.91 Å². The third-order valence-electron chi connectivity index (χ3n) is 4.40. The summed E-state index contributed by atoms with van der Waals surface area (Å²) in [5.74, 6) is 1.23. The van der Waals surface area contributed by atoms with E-state index >= 15 is 0 Å². The fourth-order valence-electron chi connectivity index (χ4n) is 2.71. The monoisotopic (exact) mass is 344 g/mol. The minimum absolute atomic E-state index is 0.0423. The highest BCUT2D eigenvalue weighted by Gasteiger charge is 2.22. The minimum Gasteiger partial charge on any atom is -0.339 e. The molecule has 0 unspecified atom stereocenters. The van der Waals surface area contributed by atoms with Crippen molar-refractivity contribution in [3.63, 3.8) is 0 Å². The molecule has 1 fully saturated rings. The molecule has 0 aliphatic carbocycles. The molecule has 1 saturated heterocycles. The number of carbonyl (C=O) groups excluding carboxylic acids is 1. The van der Waals surface area contributed by atoms with E-state index in [1.165, 1.54) is 0 Å². The van der Waals surface area contributed by atoms with Crippen LogP contribution < -0.4 is 5.32 Å². The van der Waals surface area contributed by atoms with Crippen molar-refractivity contribution in [2.45, 2.75) is 26.7 Å². The zero-order chi connectivity index (χ0) is 17.1. The second-order valence-electron chi connectivity index (χ2n) is 6.37. The number of nitrogens with one attached hydrogen (secondary N) is 1. The second kappa shape index (κ2) is 7.18. The Labute approximate surface area is 147 Å². The molecule has 1 amide bonds. The average molecular weight is 345 g/mol. The van der Waals surface area contributed by atoms with Crippen molar-refractivity contribution in [3.8, 4) is 0 Å². The van der Waals surface area contributed by atoms with Crippen molar-refractivity contribution < 1.29 is 4.79 Å². The molecule has 0 spiro atoms. The van der Waals surface area contributed by atoms with E-state index < -0.39 is 0 Å². The quantitative estimate of drug-likeness (QED) is 0.912. The number of benzene rings is 1. The fraction of sp³-hybridized carbons (Fsp3) is 0.389. The van der Waals surface area contributed by atoms with Crippen LogP contribution in [-0.4, -0.2) is 34.1 Å². The molecule has 0 saturated carbocycles. The topological polar surface area (TPSA) is 58.1 Å². The Kier molecular flexibility index (Phi) is 5.00. The van der Waals surface area contributed by atoms with E-state index in [2.05, 4.69) is 22.4 Å². The van der Waals surface area contributed by atoms with Crippen molar-refractivity contribution >= 4 is 29.0 Å². The zero-order valence-electron chi connectivity index (χ0n) is 13.9. The van der Waals surface area contributed by atoms with Gasteiger partial charge in [0.15, 0.2) is 11.5 Å². The van der Waals surface area contributed by atoms with Crippen LogP contribution in [-0.2, 0) is 0 Å². The SMILES string of the molecule is Cc1ccc(Nc2ccc(C(=O)N3CCC(C)CC3)nn2)cc1Cl. The summed E-state index contributed by atoms with van der Waals surface area (Å²) in [6.07, 6.45) is 2.10. The Bertz CT molecular complexity index is 724. The van der Waals surface area contributed by atoms with Crippen LogP contribution in [0.3, 0.4) is 0 Å². The summed E-state index contributed by atoms with van der Waals surface area (Å²) in [5.41, 5.74) is 2.24. The van der Waals surface area contributed by atoms with E-state index in [9.17, 15) is 4.79 Å². The third-order valence-corrected chi connectivity index (χ3v) is 4.81. The maximum Gasteiger partial charge on any atom is 0.274 e. The van der Waals surface area contributed by atoms with Gasteiger partial charge >= 0.3 is 0 Å². The predicted octanol–water partition coefficient (Wildman–Crippen LogP) is 4.05. The summed E-state index contributed by atoms with van der Waals surface area (Å²) in [6.45, 7) is 5.76. The number of aryl methyl sites for hydroxylation is 1. The molecule has 2 aromatic rings. The van der Waals surface area contributed by atoms with Gasteiger partial charge in [-0.1, -0.05) is 24.6 Å². The number of hydrogen-bond acceptors (Lipinski definition) is 4. The van der Waals surface area contributed by atoms with Gasteiger partial charge in [-0.3, -0.25) is 4.79 Å². The second-order valence-corrected chi connectivity index (χ2v) is 6.77. The van der Waals surface area contributed by atoms with Crippen molar-refractivity contribution in [1.82, 2.24) is 15.1 Å². The lowest BCUT2D eigenvalue weighted by Crippen LogP contribution is -2.38. The molecular formula is C18H21ClN4O. The van der Waals surface area contributed by atoms with Crippen LogP contribution in [0.4, 0.5) is 11.5 Å². The van der Waals surface area contributed by atoms with E-state index in [0.717, 1.165) is 37.2 Å². The maximum absolute atomic E-state index is 12.4. The number of piperidine rings is 1. The van der Waals surface area contributed by atoms with Crippen molar-refractivity contribution in [3.05, 3.63) is 46.6 Å². The number of anilines is 2. The Morgan fingerprint density at radius 1 is 1.21 bits per heavy atom. The fourth-order valence-corrected chi connectivity index (χ4v) is 2.89. The number of rotatable bonds is 3. The molecule has 3 rings (SSSR count). The van der Waals surface area contributed by atoms with Gasteiger partial charge in [-0.15, -0.1) is 10.2 Å². The highest BCUT2D eigenvalue weighted by atomic mass is 35.5. The summed E-state index contributed by atoms with van der Waals surface area (Å²) >= 11 is 6.12. The van der Waals surface area contributed by atoms with Crippen LogP contribution in [0, 0.1) is 12.8 Å². The standard InChI is InChI=1S/C18H21ClN4O/c1-12-7-9-23(10-8-12)18(24)16-5-6-17(22-21-16)20-14-4-3-13(2)15(19)11-14/h3-6,11-12H,7-10H2,1-2H3,(H,20,22). The molecule has 0 atom stereocenters. The molecule has 24 heavy (non-hydrogen) atoms. The molecule has 1 aliphatic rings. The molecule has 5 nitrogen and oxygen atoms in total. The van der Waals surface area contributed by atoms with Gasteiger partial charge in [0.1, 0.15) is 0 Å². The highest BCUT2D eigenvalue weighted by molar-refractivity contribution is 6.31. The first-order valence-corrected chi connectivity index (χ1v) is 8.57. The molecule has 6 heteroatoms. The number of amides is 1. The lowest BCUT2D eigenvalue weighted by molar-refractivity contribution is 0.0690. The smallest absolute Gasteiger partial charge is 0.274 e. The van der Waals surface area contributed by atoms with Crippen LogP contribution in [0.1, 0.15) is 35.8 Å². The Morgan fingerprint density at radius 2 is 1.96 bits per heavy atom. The molecule has 1 N–H and O–H groups in total. The predicted molar refractivity (Wildman–Crippen MR) is 95.8 cm³/mol. The molecule has 1 aliphatic heterocycles. The van der Waals surface area contributed by atoms with E-state index in [1.807, 2.05) is 30.0 Å².